The summed E-state index contributed by atoms with van der Waals surface area (Å²) in [5, 5.41) is 2.17. The average Bonchev–Trinajstić information content (AvgIpc) is 2.97. The number of hydrogen-bond acceptors (Lipinski definition) is 1. The fraction of sp³-hybridized carbons (Fsp3) is 0.389. The molecule has 0 amide bonds. The van der Waals surface area contributed by atoms with E-state index >= 15 is 0 Å². The summed E-state index contributed by atoms with van der Waals surface area (Å²) in [6.45, 7) is 11.0. The first-order valence-corrected chi connectivity index (χ1v) is 7.83. The van der Waals surface area contributed by atoms with Gasteiger partial charge in [-0.2, -0.15) is 0 Å². The molecule has 1 aromatic heterocycles. The molecule has 0 nitrogen and oxygen atoms in total. The Balaban J connectivity index is 0.000000191. The Morgan fingerprint density at radius 1 is 0.900 bits per heavy atom. The largest absolute Gasteiger partial charge is 0.148 e. The van der Waals surface area contributed by atoms with Crippen LogP contribution in [0.3, 0.4) is 0 Å². The molecule has 0 spiro atoms. The number of hydrogen-bond donors (Lipinski definition) is 0. The topological polar surface area (TPSA) is 0 Å². The van der Waals surface area contributed by atoms with Crippen LogP contribution >= 0.6 is 11.3 Å². The van der Waals surface area contributed by atoms with E-state index in [1.54, 1.807) is 4.88 Å². The Hall–Kier alpha value is -0.431. The number of aryl methyl sites for hydroxylation is 1. The molecule has 0 aromatic carbocycles. The van der Waals surface area contributed by atoms with Gasteiger partial charge >= 0.3 is 0 Å². The van der Waals surface area contributed by atoms with Crippen molar-refractivity contribution in [3.05, 3.63) is 56.2 Å². The fourth-order valence-electron chi connectivity index (χ4n) is 2.53. The second kappa shape index (κ2) is 7.54. The maximum absolute atomic E-state index is 2.25. The first-order valence-electron chi connectivity index (χ1n) is 6.95. The van der Waals surface area contributed by atoms with Gasteiger partial charge in [0.15, 0.2) is 0 Å². The minimum atomic E-state index is 0. The molecule has 0 aliphatic heterocycles. The van der Waals surface area contributed by atoms with E-state index in [4.69, 9.17) is 0 Å². The minimum absolute atomic E-state index is 0. The van der Waals surface area contributed by atoms with Gasteiger partial charge in [0.05, 0.1) is 0 Å². The van der Waals surface area contributed by atoms with Gasteiger partial charge in [-0.05, 0) is 68.7 Å². The third kappa shape index (κ3) is 3.61. The van der Waals surface area contributed by atoms with Gasteiger partial charge in [0, 0.05) is 30.9 Å². The number of fused-ring (bicyclic) bond motifs is 1. The Labute approximate surface area is 141 Å². The quantitative estimate of drug-likeness (QED) is 0.445. The van der Waals surface area contributed by atoms with Crippen molar-refractivity contribution in [3.8, 4) is 0 Å². The third-order valence-electron chi connectivity index (χ3n) is 4.43. The van der Waals surface area contributed by atoms with Crippen LogP contribution in [0.2, 0.25) is 0 Å². The van der Waals surface area contributed by atoms with Crippen molar-refractivity contribution < 1.29 is 20.1 Å². The van der Waals surface area contributed by atoms with Crippen molar-refractivity contribution in [1.82, 2.24) is 0 Å². The molecule has 0 atom stereocenters. The molecule has 1 aromatic rings. The molecule has 0 saturated heterocycles. The molecule has 20 heavy (non-hydrogen) atoms. The van der Waals surface area contributed by atoms with Crippen LogP contribution in [0.1, 0.15) is 51.5 Å². The molecule has 2 aliphatic rings. The van der Waals surface area contributed by atoms with Crippen LogP contribution in [-0.4, -0.2) is 0 Å². The smallest absolute Gasteiger partial charge is 0.0226 e. The van der Waals surface area contributed by atoms with Crippen LogP contribution in [-0.2, 0) is 26.5 Å². The van der Waals surface area contributed by atoms with Gasteiger partial charge < -0.3 is 0 Å². The summed E-state index contributed by atoms with van der Waals surface area (Å²) < 4.78 is 0. The Morgan fingerprint density at radius 3 is 1.95 bits per heavy atom. The van der Waals surface area contributed by atoms with Crippen LogP contribution in [0.5, 0.6) is 0 Å². The van der Waals surface area contributed by atoms with Gasteiger partial charge in [-0.3, -0.25) is 0 Å². The molecule has 2 radical (unpaired) electrons. The van der Waals surface area contributed by atoms with Gasteiger partial charge in [0.1, 0.15) is 0 Å². The molecule has 0 saturated carbocycles. The first kappa shape index (κ1) is 17.6. The van der Waals surface area contributed by atoms with Crippen molar-refractivity contribution in [2.24, 2.45) is 0 Å². The fourth-order valence-corrected chi connectivity index (χ4v) is 3.42. The number of rotatable bonds is 0. The van der Waals surface area contributed by atoms with E-state index in [2.05, 4.69) is 58.2 Å². The third-order valence-corrected chi connectivity index (χ3v) is 5.42. The second-order valence-corrected chi connectivity index (χ2v) is 6.37. The first-order chi connectivity index (χ1) is 9.02. The Morgan fingerprint density at radius 2 is 1.50 bits per heavy atom. The van der Waals surface area contributed by atoms with Crippen LogP contribution in [0, 0.1) is 5.92 Å². The van der Waals surface area contributed by atoms with Crippen molar-refractivity contribution in [3.63, 3.8) is 0 Å². The molecule has 3 rings (SSSR count). The van der Waals surface area contributed by atoms with Crippen LogP contribution in [0.4, 0.5) is 0 Å². The van der Waals surface area contributed by atoms with Crippen molar-refractivity contribution >= 4 is 17.4 Å². The normalized spacial score (nSPS) is 17.6. The average molecular weight is 464 g/mol. The standard InChI is InChI=1S/C10H15.C8H8S.Ir/c1-6-7(2)9(4)10(5)8(6)3;1-2-4-8-7(3-1)5-6-9-8;/h1-5H3;1,3,5-6H,2,4H2;. The second-order valence-electron chi connectivity index (χ2n) is 5.37. The zero-order chi connectivity index (χ0) is 14.0. The van der Waals surface area contributed by atoms with Gasteiger partial charge in [-0.1, -0.05) is 30.2 Å². The van der Waals surface area contributed by atoms with E-state index in [1.807, 2.05) is 11.3 Å². The summed E-state index contributed by atoms with van der Waals surface area (Å²) in [6, 6.07) is 2.19. The molecule has 0 N–H and O–H groups in total. The molecule has 0 fully saturated rings. The zero-order valence-corrected chi connectivity index (χ0v) is 16.2. The van der Waals surface area contributed by atoms with E-state index in [0.717, 1.165) is 0 Å². The molecule has 2 heteroatoms. The van der Waals surface area contributed by atoms with Crippen molar-refractivity contribution in [2.75, 3.05) is 0 Å². The maximum atomic E-state index is 2.25. The van der Waals surface area contributed by atoms with E-state index in [-0.39, 0.29) is 20.1 Å². The van der Waals surface area contributed by atoms with E-state index in [0.29, 0.717) is 0 Å². The van der Waals surface area contributed by atoms with Crippen molar-refractivity contribution in [2.45, 2.75) is 47.5 Å². The molecular weight excluding hydrogens is 440 g/mol. The predicted octanol–water partition coefficient (Wildman–Crippen LogP) is 5.97. The van der Waals surface area contributed by atoms with E-state index in [9.17, 15) is 0 Å². The molecular formula is C18H23IrS. The van der Waals surface area contributed by atoms with Crippen LogP contribution in [0.15, 0.2) is 39.8 Å². The van der Waals surface area contributed by atoms with E-state index in [1.165, 1.54) is 46.6 Å². The summed E-state index contributed by atoms with van der Waals surface area (Å²) in [5.74, 6) is 1.47. The van der Waals surface area contributed by atoms with Gasteiger partial charge in [0.2, 0.25) is 0 Å². The SMILES string of the molecule is C1=Cc2ccsc2CC1.C[C]1C(C)=C(C)C(C)=C1C.[Ir]. The number of allylic oxidation sites excluding steroid dienone is 5. The molecule has 0 unspecified atom stereocenters. The van der Waals surface area contributed by atoms with E-state index < -0.39 is 0 Å². The zero-order valence-electron chi connectivity index (χ0n) is 13.0. The molecule has 2 aliphatic carbocycles. The molecule has 0 bridgehead atoms. The summed E-state index contributed by atoms with van der Waals surface area (Å²) in [4.78, 5) is 1.55. The van der Waals surface area contributed by atoms with Gasteiger partial charge in [-0.25, -0.2) is 0 Å². The Kier molecular flexibility index (Phi) is 6.64. The van der Waals surface area contributed by atoms with Crippen molar-refractivity contribution in [1.29, 1.82) is 0 Å². The maximum Gasteiger partial charge on any atom is 0.0226 e. The predicted molar refractivity (Wildman–Crippen MR) is 87.3 cm³/mol. The summed E-state index contributed by atoms with van der Waals surface area (Å²) in [5.41, 5.74) is 7.31. The molecule has 110 valence electrons. The van der Waals surface area contributed by atoms with Gasteiger partial charge in [-0.15, -0.1) is 11.3 Å². The summed E-state index contributed by atoms with van der Waals surface area (Å²) in [7, 11) is 0. The number of thiophene rings is 1. The molecule has 1 heterocycles. The van der Waals surface area contributed by atoms with Gasteiger partial charge in [0.25, 0.3) is 0 Å². The minimum Gasteiger partial charge on any atom is -0.148 e. The summed E-state index contributed by atoms with van der Waals surface area (Å²) >= 11 is 1.87. The van der Waals surface area contributed by atoms with Crippen LogP contribution in [0.25, 0.3) is 6.08 Å². The Bertz CT molecular complexity index is 534. The summed E-state index contributed by atoms with van der Waals surface area (Å²) in [6.07, 6.45) is 6.95. The van der Waals surface area contributed by atoms with Crippen LogP contribution < -0.4 is 0 Å². The monoisotopic (exact) mass is 464 g/mol.